The van der Waals surface area contributed by atoms with Gasteiger partial charge in [-0.3, -0.25) is 0 Å². The van der Waals surface area contributed by atoms with E-state index in [0.717, 1.165) is 32.7 Å². The van der Waals surface area contributed by atoms with Gasteiger partial charge in [0.1, 0.15) is 11.2 Å². The first-order valence-electron chi connectivity index (χ1n) is 25.4. The predicted molar refractivity (Wildman–Crippen MR) is 237 cm³/mol. The lowest BCUT2D eigenvalue weighted by molar-refractivity contribution is 0.672. The summed E-state index contributed by atoms with van der Waals surface area (Å²) in [5.41, 5.74) is 0.831. The molecule has 0 saturated heterocycles. The molecule has 56 heavy (non-hydrogen) atoms. The standard InChI is InChI=1S/C54H35NO/c1-3-12-41-34-45(21-19-36(41)9-1)39-25-30-48(31-26-39)55(51-17-8-18-52-53(51)50-32-27-40-11-5-6-16-49(40)54(50)56-52)47-28-23-38(24-29-47)43-14-7-15-44(33-43)46-22-20-37-10-2-4-13-42(37)35-46/h1-35H/i1D,3D,9D,12D,19D,21D,23D,24D,25D,26D,28D,29D,30D,31D,34D. The van der Waals surface area contributed by atoms with Crippen molar-refractivity contribution in [2.75, 3.05) is 4.90 Å². The quantitative estimate of drug-likeness (QED) is 0.169. The van der Waals surface area contributed by atoms with E-state index < -0.39 is 124 Å². The van der Waals surface area contributed by atoms with Crippen LogP contribution in [0.25, 0.3) is 87.6 Å². The van der Waals surface area contributed by atoms with E-state index in [1.165, 1.54) is 4.90 Å². The summed E-state index contributed by atoms with van der Waals surface area (Å²) in [5.74, 6) is 0. The van der Waals surface area contributed by atoms with Crippen molar-refractivity contribution in [2.45, 2.75) is 0 Å². The van der Waals surface area contributed by atoms with Crippen molar-refractivity contribution in [2.24, 2.45) is 0 Å². The van der Waals surface area contributed by atoms with Crippen molar-refractivity contribution < 1.29 is 25.0 Å². The molecule has 1 heterocycles. The number of benzene rings is 10. The molecule has 11 aromatic rings. The zero-order valence-electron chi connectivity index (χ0n) is 44.4. The van der Waals surface area contributed by atoms with Crippen LogP contribution < -0.4 is 4.90 Å². The molecule has 11 rings (SSSR count). The second-order valence-electron chi connectivity index (χ2n) is 13.3. The van der Waals surface area contributed by atoms with Gasteiger partial charge in [-0.15, -0.1) is 0 Å². The van der Waals surface area contributed by atoms with E-state index in [1.807, 2.05) is 84.9 Å². The van der Waals surface area contributed by atoms with Crippen molar-refractivity contribution in [3.63, 3.8) is 0 Å². The van der Waals surface area contributed by atoms with Gasteiger partial charge >= 0.3 is 0 Å². The number of fused-ring (bicyclic) bond motifs is 7. The molecule has 0 bridgehead atoms. The zero-order valence-corrected chi connectivity index (χ0v) is 29.4. The third-order valence-electron chi connectivity index (χ3n) is 10.0. The smallest absolute Gasteiger partial charge is 0.143 e. The van der Waals surface area contributed by atoms with Crippen LogP contribution >= 0.6 is 0 Å². The van der Waals surface area contributed by atoms with E-state index in [1.54, 1.807) is 36.4 Å². The van der Waals surface area contributed by atoms with Crippen molar-refractivity contribution in [3.8, 4) is 33.4 Å². The number of hydrogen-bond acceptors (Lipinski definition) is 2. The Kier molecular flexibility index (Phi) is 4.77. The Morgan fingerprint density at radius 3 is 1.82 bits per heavy atom. The molecule has 2 heteroatoms. The topological polar surface area (TPSA) is 16.4 Å². The molecule has 0 saturated carbocycles. The minimum absolute atomic E-state index is 0.0221. The Morgan fingerprint density at radius 2 is 1.02 bits per heavy atom. The summed E-state index contributed by atoms with van der Waals surface area (Å²) < 4.78 is 144. The number of rotatable bonds is 6. The molecule has 262 valence electrons. The first kappa shape index (κ1) is 20.3. The summed E-state index contributed by atoms with van der Waals surface area (Å²) in [6.07, 6.45) is 0. The lowest BCUT2D eigenvalue weighted by atomic mass is 9.97. The fourth-order valence-electron chi connectivity index (χ4n) is 7.31. The largest absolute Gasteiger partial charge is 0.455 e. The maximum absolute atomic E-state index is 9.75. The molecule has 0 unspecified atom stereocenters. The van der Waals surface area contributed by atoms with Crippen LogP contribution in [0.5, 0.6) is 0 Å². The normalized spacial score (nSPS) is 15.3. The molecule has 2 nitrogen and oxygen atoms in total. The number of anilines is 3. The van der Waals surface area contributed by atoms with Gasteiger partial charge in [0.25, 0.3) is 0 Å². The van der Waals surface area contributed by atoms with Crippen LogP contribution in [0.4, 0.5) is 17.1 Å². The third-order valence-corrected chi connectivity index (χ3v) is 10.0. The summed E-state index contributed by atoms with van der Waals surface area (Å²) >= 11 is 0. The summed E-state index contributed by atoms with van der Waals surface area (Å²) in [5, 5.41) is 3.79. The molecule has 10 aromatic carbocycles. The highest BCUT2D eigenvalue weighted by Gasteiger charge is 2.20. The van der Waals surface area contributed by atoms with Gasteiger partial charge in [-0.05, 0) is 121 Å². The SMILES string of the molecule is [2H]c1c([2H])c(N(c2c([2H])c([2H])c(-c3c([2H])c([2H])c4c([2H])c([2H])c([2H])c([2H])c4c3[2H])c([2H])c2[2H])c2cccc3oc4c5ccccc5ccc4c23)c([2H])c([2H])c1-c1cccc(-c2ccc3ccccc3c2)c1. The highest BCUT2D eigenvalue weighted by Crippen LogP contribution is 2.45. The van der Waals surface area contributed by atoms with Crippen LogP contribution in [0, 0.1) is 0 Å². The van der Waals surface area contributed by atoms with Gasteiger partial charge in [0.15, 0.2) is 0 Å². The van der Waals surface area contributed by atoms with Crippen LogP contribution in [0.3, 0.4) is 0 Å². The summed E-state index contributed by atoms with van der Waals surface area (Å²) in [4.78, 5) is 1.17. The van der Waals surface area contributed by atoms with Gasteiger partial charge in [-0.1, -0.05) is 151 Å². The summed E-state index contributed by atoms with van der Waals surface area (Å²) in [7, 11) is 0. The van der Waals surface area contributed by atoms with Gasteiger partial charge in [0.2, 0.25) is 0 Å². The minimum atomic E-state index is -0.805. The molecule has 0 radical (unpaired) electrons. The number of hydrogen-bond donors (Lipinski definition) is 0. The number of furan rings is 1. The van der Waals surface area contributed by atoms with Gasteiger partial charge in [-0.25, -0.2) is 0 Å². The molecule has 0 amide bonds. The summed E-state index contributed by atoms with van der Waals surface area (Å²) in [6, 6.07) is 27.1. The molecule has 0 fully saturated rings. The molecule has 0 aliphatic rings. The molecule has 0 N–H and O–H groups in total. The molecular weight excluding hydrogens is 679 g/mol. The lowest BCUT2D eigenvalue weighted by Crippen LogP contribution is -2.10. The van der Waals surface area contributed by atoms with Crippen molar-refractivity contribution in [1.82, 2.24) is 0 Å². The summed E-state index contributed by atoms with van der Waals surface area (Å²) in [6.45, 7) is 0. The van der Waals surface area contributed by atoms with Gasteiger partial charge < -0.3 is 9.32 Å². The predicted octanol–water partition coefficient (Wildman–Crippen LogP) is 15.5. The van der Waals surface area contributed by atoms with Crippen LogP contribution in [-0.2, 0) is 0 Å². The minimum Gasteiger partial charge on any atom is -0.455 e. The fraction of sp³-hybridized carbons (Fsp3) is 0. The Labute approximate surface area is 346 Å². The van der Waals surface area contributed by atoms with Gasteiger partial charge in [0, 0.05) is 22.1 Å². The highest BCUT2D eigenvalue weighted by molar-refractivity contribution is 6.19. The molecule has 0 spiro atoms. The van der Waals surface area contributed by atoms with Gasteiger partial charge in [0.05, 0.1) is 31.6 Å². The Hall–Kier alpha value is -7.42. The van der Waals surface area contributed by atoms with Crippen molar-refractivity contribution in [3.05, 3.63) is 212 Å². The molecular formula is C54H35NO. The number of nitrogens with zero attached hydrogens (tertiary/aromatic N) is 1. The van der Waals surface area contributed by atoms with Gasteiger partial charge in [-0.2, -0.15) is 0 Å². The zero-order chi connectivity index (χ0) is 50.1. The van der Waals surface area contributed by atoms with E-state index in [9.17, 15) is 12.3 Å². The van der Waals surface area contributed by atoms with E-state index in [4.69, 9.17) is 12.6 Å². The maximum Gasteiger partial charge on any atom is 0.143 e. The Bertz CT molecular complexity index is 4090. The maximum atomic E-state index is 9.75. The monoisotopic (exact) mass is 728 g/mol. The molecule has 1 aromatic heterocycles. The van der Waals surface area contributed by atoms with Crippen LogP contribution in [0.1, 0.15) is 20.6 Å². The van der Waals surface area contributed by atoms with E-state index in [-0.39, 0.29) is 11.3 Å². The van der Waals surface area contributed by atoms with E-state index in [0.29, 0.717) is 27.5 Å². The van der Waals surface area contributed by atoms with Crippen LogP contribution in [-0.4, -0.2) is 0 Å². The Morgan fingerprint density at radius 1 is 0.393 bits per heavy atom. The van der Waals surface area contributed by atoms with E-state index >= 15 is 0 Å². The molecule has 0 atom stereocenters. The van der Waals surface area contributed by atoms with E-state index in [2.05, 4.69) is 0 Å². The van der Waals surface area contributed by atoms with Crippen LogP contribution in [0.2, 0.25) is 0 Å². The lowest BCUT2D eigenvalue weighted by Gasteiger charge is -2.26. The Balaban J connectivity index is 1.19. The average molecular weight is 729 g/mol. The first-order chi connectivity index (χ1) is 34.0. The molecule has 0 aliphatic heterocycles. The van der Waals surface area contributed by atoms with Crippen molar-refractivity contribution in [1.29, 1.82) is 0 Å². The third kappa shape index (κ3) is 5.51. The second kappa shape index (κ2) is 13.2. The highest BCUT2D eigenvalue weighted by atomic mass is 16.3. The van der Waals surface area contributed by atoms with Crippen molar-refractivity contribution >= 4 is 71.3 Å². The average Bonchev–Trinajstić information content (AvgIpc) is 3.78. The first-order valence-corrected chi connectivity index (χ1v) is 17.9. The van der Waals surface area contributed by atoms with Crippen LogP contribution in [0.15, 0.2) is 216 Å². The fourth-order valence-corrected chi connectivity index (χ4v) is 7.31. The second-order valence-corrected chi connectivity index (χ2v) is 13.3. The molecule has 0 aliphatic carbocycles.